The molecule has 0 radical (unpaired) electrons. The lowest BCUT2D eigenvalue weighted by Crippen LogP contribution is -2.31. The Kier molecular flexibility index (Phi) is 6.01. The summed E-state index contributed by atoms with van der Waals surface area (Å²) in [5.74, 6) is -1.25. The van der Waals surface area contributed by atoms with Crippen molar-refractivity contribution >= 4 is 72.7 Å². The topological polar surface area (TPSA) is 149 Å². The lowest BCUT2D eigenvalue weighted by Gasteiger charge is -2.15. The third-order valence-corrected chi connectivity index (χ3v) is 6.52. The van der Waals surface area contributed by atoms with E-state index >= 15 is 0 Å². The number of aromatic amines is 1. The first kappa shape index (κ1) is 23.3. The average molecular weight is 514 g/mol. The van der Waals surface area contributed by atoms with Crippen LogP contribution in [0.25, 0.3) is 21.8 Å². The molecule has 0 spiro atoms. The first-order valence-corrected chi connectivity index (χ1v) is 11.6. The van der Waals surface area contributed by atoms with E-state index < -0.39 is 26.9 Å². The van der Waals surface area contributed by atoms with E-state index in [-0.39, 0.29) is 52.2 Å². The van der Waals surface area contributed by atoms with E-state index in [1.54, 1.807) is 6.07 Å². The van der Waals surface area contributed by atoms with Crippen molar-refractivity contribution in [2.24, 2.45) is 0 Å². The number of fused-ring (bicyclic) bond motifs is 3. The molecule has 0 atom stereocenters. The lowest BCUT2D eigenvalue weighted by molar-refractivity contribution is -0.136. The molecule has 0 saturated carbocycles. The zero-order valence-corrected chi connectivity index (χ0v) is 19.3. The number of β-amino-alcohol motifs (C(OH)–C–C–N with tert-alkyl or cyclic N) is 1. The van der Waals surface area contributed by atoms with Crippen molar-refractivity contribution in [2.45, 2.75) is 4.90 Å². The number of nitrogens with zero attached hydrogens (tertiary/aromatic N) is 1. The number of rotatable bonds is 6. The molecule has 4 rings (SSSR count). The summed E-state index contributed by atoms with van der Waals surface area (Å²) in [5, 5.41) is 13.3. The number of aromatic nitrogens is 1. The molecule has 10 nitrogen and oxygen atoms in total. The Morgan fingerprint density at radius 1 is 1.18 bits per heavy atom. The predicted molar refractivity (Wildman–Crippen MR) is 122 cm³/mol. The SMILES string of the molecule is COC(=O)C1=C(Nc2cc(Cl)cc3c2[nH]c2c(S(=O)(=O)O)cc(Cl)cc23)C(=O)N(CCO)C1. The second-order valence-corrected chi connectivity index (χ2v) is 9.49. The van der Waals surface area contributed by atoms with E-state index in [1.807, 2.05) is 0 Å². The van der Waals surface area contributed by atoms with Gasteiger partial charge in [0.1, 0.15) is 10.6 Å². The number of H-pyrrole nitrogens is 1. The summed E-state index contributed by atoms with van der Waals surface area (Å²) in [7, 11) is -3.43. The fraction of sp³-hybridized carbons (Fsp3) is 0.200. The molecule has 0 saturated heterocycles. The van der Waals surface area contributed by atoms with E-state index in [4.69, 9.17) is 27.9 Å². The van der Waals surface area contributed by atoms with Crippen LogP contribution in [-0.4, -0.2) is 66.6 Å². The van der Waals surface area contributed by atoms with Crippen LogP contribution in [0.3, 0.4) is 0 Å². The van der Waals surface area contributed by atoms with Gasteiger partial charge in [0, 0.05) is 27.4 Å². The Bertz CT molecular complexity index is 1460. The van der Waals surface area contributed by atoms with Crippen molar-refractivity contribution < 1.29 is 32.4 Å². The molecule has 0 unspecified atom stereocenters. The quantitative estimate of drug-likeness (QED) is 0.290. The minimum atomic E-state index is -4.61. The summed E-state index contributed by atoms with van der Waals surface area (Å²) in [6.45, 7) is -0.346. The number of nitrogens with one attached hydrogen (secondary N) is 2. The van der Waals surface area contributed by atoms with Gasteiger partial charge < -0.3 is 25.0 Å². The van der Waals surface area contributed by atoms with Crippen LogP contribution in [0.15, 0.2) is 40.4 Å². The van der Waals surface area contributed by atoms with Crippen LogP contribution in [0, 0.1) is 0 Å². The van der Waals surface area contributed by atoms with Crippen LogP contribution >= 0.6 is 23.2 Å². The van der Waals surface area contributed by atoms with Crippen LogP contribution in [0.2, 0.25) is 10.0 Å². The summed E-state index contributed by atoms with van der Waals surface area (Å²) in [6.07, 6.45) is 0. The van der Waals surface area contributed by atoms with E-state index in [0.717, 1.165) is 6.07 Å². The van der Waals surface area contributed by atoms with Gasteiger partial charge in [-0.05, 0) is 24.3 Å². The van der Waals surface area contributed by atoms with Gasteiger partial charge in [0.2, 0.25) is 0 Å². The number of esters is 1. The van der Waals surface area contributed by atoms with Crippen molar-refractivity contribution in [1.82, 2.24) is 9.88 Å². The molecule has 174 valence electrons. The van der Waals surface area contributed by atoms with Crippen LogP contribution in [0.1, 0.15) is 0 Å². The highest BCUT2D eigenvalue weighted by Crippen LogP contribution is 2.38. The number of aliphatic hydroxyl groups is 1. The number of anilines is 1. The highest BCUT2D eigenvalue weighted by molar-refractivity contribution is 7.86. The fourth-order valence-electron chi connectivity index (χ4n) is 3.79. The molecule has 1 amide bonds. The van der Waals surface area contributed by atoms with Gasteiger partial charge in [-0.2, -0.15) is 8.42 Å². The zero-order valence-electron chi connectivity index (χ0n) is 17.0. The zero-order chi connectivity index (χ0) is 24.1. The van der Waals surface area contributed by atoms with Gasteiger partial charge in [-0.3, -0.25) is 9.35 Å². The van der Waals surface area contributed by atoms with Gasteiger partial charge in [0.05, 0.1) is 42.6 Å². The van der Waals surface area contributed by atoms with Crippen molar-refractivity contribution in [2.75, 3.05) is 32.1 Å². The van der Waals surface area contributed by atoms with Gasteiger partial charge in [0.15, 0.2) is 0 Å². The maximum absolute atomic E-state index is 12.9. The summed E-state index contributed by atoms with van der Waals surface area (Å²) >= 11 is 12.4. The summed E-state index contributed by atoms with van der Waals surface area (Å²) in [4.78, 5) is 28.9. The standard InChI is InChI=1S/C20H17Cl2N3O7S/c1-32-20(28)13-8-25(2-3-26)19(27)18(13)23-14-6-9(21)4-11-12-5-10(22)7-15(33(29,30)31)17(12)24-16(11)14/h4-7,23-24,26H,2-3,8H2,1H3,(H,29,30,31). The smallest absolute Gasteiger partial charge is 0.337 e. The number of ether oxygens (including phenoxy) is 1. The number of carbonyl (C=O) groups is 2. The minimum Gasteiger partial charge on any atom is -0.466 e. The number of hydrogen-bond donors (Lipinski definition) is 4. The predicted octanol–water partition coefficient (Wildman–Crippen LogP) is 2.55. The van der Waals surface area contributed by atoms with E-state index in [9.17, 15) is 27.7 Å². The molecule has 2 heterocycles. The number of halogens is 2. The fourth-order valence-corrected chi connectivity index (χ4v) is 4.98. The van der Waals surface area contributed by atoms with E-state index in [2.05, 4.69) is 10.3 Å². The summed E-state index contributed by atoms with van der Waals surface area (Å²) in [5.41, 5.74) is 0.699. The molecule has 33 heavy (non-hydrogen) atoms. The van der Waals surface area contributed by atoms with Crippen molar-refractivity contribution in [3.8, 4) is 0 Å². The van der Waals surface area contributed by atoms with E-state index in [0.29, 0.717) is 16.3 Å². The van der Waals surface area contributed by atoms with Gasteiger partial charge in [-0.25, -0.2) is 4.79 Å². The molecular weight excluding hydrogens is 497 g/mol. The Labute approximate surface area is 197 Å². The maximum Gasteiger partial charge on any atom is 0.337 e. The van der Waals surface area contributed by atoms with Gasteiger partial charge in [-0.1, -0.05) is 23.2 Å². The van der Waals surface area contributed by atoms with Crippen LogP contribution in [0.4, 0.5) is 5.69 Å². The molecule has 13 heteroatoms. The van der Waals surface area contributed by atoms with Crippen LogP contribution in [-0.2, 0) is 24.4 Å². The Morgan fingerprint density at radius 3 is 2.42 bits per heavy atom. The number of benzene rings is 2. The molecule has 0 fully saturated rings. The van der Waals surface area contributed by atoms with Crippen molar-refractivity contribution in [1.29, 1.82) is 0 Å². The van der Waals surface area contributed by atoms with Gasteiger partial charge >= 0.3 is 5.97 Å². The summed E-state index contributed by atoms with van der Waals surface area (Å²) < 4.78 is 38.2. The molecule has 0 aliphatic carbocycles. The summed E-state index contributed by atoms with van der Waals surface area (Å²) in [6, 6.07) is 5.66. The highest BCUT2D eigenvalue weighted by Gasteiger charge is 2.35. The molecule has 1 aliphatic heterocycles. The van der Waals surface area contributed by atoms with Crippen molar-refractivity contribution in [3.63, 3.8) is 0 Å². The number of hydrogen-bond acceptors (Lipinski definition) is 7. The number of aliphatic hydroxyl groups excluding tert-OH is 1. The van der Waals surface area contributed by atoms with Gasteiger partial charge in [-0.15, -0.1) is 0 Å². The maximum atomic E-state index is 12.9. The van der Waals surface area contributed by atoms with Crippen molar-refractivity contribution in [3.05, 3.63) is 45.6 Å². The van der Waals surface area contributed by atoms with Gasteiger partial charge in [0.25, 0.3) is 16.0 Å². The average Bonchev–Trinajstić information content (AvgIpc) is 3.25. The Balaban J connectivity index is 1.94. The first-order chi connectivity index (χ1) is 15.5. The molecule has 2 aromatic carbocycles. The lowest BCUT2D eigenvalue weighted by atomic mass is 10.1. The third-order valence-electron chi connectivity index (χ3n) is 5.20. The number of carbonyl (C=O) groups excluding carboxylic acids is 2. The monoisotopic (exact) mass is 513 g/mol. The molecule has 0 bridgehead atoms. The second kappa shape index (κ2) is 8.50. The third kappa shape index (κ3) is 4.13. The normalized spacial score (nSPS) is 14.6. The first-order valence-electron chi connectivity index (χ1n) is 9.45. The molecule has 4 N–H and O–H groups in total. The molecule has 1 aliphatic rings. The molecule has 1 aromatic heterocycles. The second-order valence-electron chi connectivity index (χ2n) is 7.22. The molecule has 3 aromatic rings. The van der Waals surface area contributed by atoms with E-state index in [1.165, 1.54) is 24.1 Å². The minimum absolute atomic E-state index is 0.0120. The van der Waals surface area contributed by atoms with Crippen LogP contribution < -0.4 is 5.32 Å². The van der Waals surface area contributed by atoms with Crippen LogP contribution in [0.5, 0.6) is 0 Å². The Morgan fingerprint density at radius 2 is 1.82 bits per heavy atom. The number of methoxy groups -OCH3 is 1. The number of amides is 1. The largest absolute Gasteiger partial charge is 0.466 e. The molecular formula is C20H17Cl2N3O7S. The highest BCUT2D eigenvalue weighted by atomic mass is 35.5. The Hall–Kier alpha value is -2.83.